The molecule has 1 unspecified atom stereocenters. The maximum Gasteiger partial charge on any atom is 0.0931 e. The zero-order valence-corrected chi connectivity index (χ0v) is 20.5. The second-order valence-corrected chi connectivity index (χ2v) is 10.5. The fraction of sp³-hybridized carbons (Fsp3) is 0.615. The normalized spacial score (nSPS) is 13.1. The molecule has 2 nitrogen and oxygen atoms in total. The smallest absolute Gasteiger partial charge is 0.0931 e. The molecule has 0 bridgehead atoms. The number of rotatable bonds is 15. The van der Waals surface area contributed by atoms with Gasteiger partial charge in [0.05, 0.1) is 6.10 Å². The Morgan fingerprint density at radius 2 is 1.40 bits per heavy atom. The molecule has 3 rings (SSSR count). The summed E-state index contributed by atoms with van der Waals surface area (Å²) in [6, 6.07) is 6.67. The van der Waals surface area contributed by atoms with Crippen LogP contribution in [-0.4, -0.2) is 29.6 Å². The van der Waals surface area contributed by atoms with Crippen molar-refractivity contribution in [1.82, 2.24) is 4.90 Å². The van der Waals surface area contributed by atoms with Crippen molar-refractivity contribution in [3.63, 3.8) is 0 Å². The number of hydrogen-bond acceptors (Lipinski definition) is 4. The summed E-state index contributed by atoms with van der Waals surface area (Å²) in [4.78, 5) is 2.53. The maximum absolute atomic E-state index is 11.3. The SMILES string of the molecule is CCCCCCCN(CCCCCCC)CC(O)c1cc2sccc2c2ccsc12. The molecule has 1 N–H and O–H groups in total. The van der Waals surface area contributed by atoms with E-state index in [9.17, 15) is 5.11 Å². The molecule has 166 valence electrons. The number of benzene rings is 1. The molecule has 2 heterocycles. The molecule has 2 aromatic heterocycles. The lowest BCUT2D eigenvalue weighted by Crippen LogP contribution is -2.31. The van der Waals surface area contributed by atoms with Crippen LogP contribution < -0.4 is 0 Å². The summed E-state index contributed by atoms with van der Waals surface area (Å²) in [6.07, 6.45) is 12.7. The van der Waals surface area contributed by atoms with E-state index in [0.29, 0.717) is 0 Å². The van der Waals surface area contributed by atoms with Gasteiger partial charge >= 0.3 is 0 Å². The lowest BCUT2D eigenvalue weighted by Gasteiger charge is -2.26. The molecule has 0 radical (unpaired) electrons. The minimum atomic E-state index is -0.413. The van der Waals surface area contributed by atoms with Crippen LogP contribution in [0, 0.1) is 0 Å². The van der Waals surface area contributed by atoms with Crippen molar-refractivity contribution in [2.75, 3.05) is 19.6 Å². The molecule has 1 atom stereocenters. The van der Waals surface area contributed by atoms with E-state index < -0.39 is 6.10 Å². The Balaban J connectivity index is 1.65. The summed E-state index contributed by atoms with van der Waals surface area (Å²) in [7, 11) is 0. The Kier molecular flexibility index (Phi) is 10.1. The molecule has 0 saturated carbocycles. The number of thiophene rings is 2. The number of fused-ring (bicyclic) bond motifs is 3. The van der Waals surface area contributed by atoms with Crippen LogP contribution in [0.4, 0.5) is 0 Å². The van der Waals surface area contributed by atoms with Crippen molar-refractivity contribution in [3.8, 4) is 0 Å². The number of nitrogens with zero attached hydrogens (tertiary/aromatic N) is 1. The molecule has 0 aliphatic heterocycles. The first-order chi connectivity index (χ1) is 14.7. The zero-order chi connectivity index (χ0) is 21.2. The minimum Gasteiger partial charge on any atom is -0.387 e. The third kappa shape index (κ3) is 6.53. The number of aliphatic hydroxyl groups is 1. The van der Waals surface area contributed by atoms with Gasteiger partial charge in [-0.1, -0.05) is 65.2 Å². The van der Waals surface area contributed by atoms with E-state index in [0.717, 1.165) is 25.2 Å². The molecule has 0 aliphatic carbocycles. The van der Waals surface area contributed by atoms with Crippen molar-refractivity contribution in [2.24, 2.45) is 0 Å². The van der Waals surface area contributed by atoms with Gasteiger partial charge in [-0.25, -0.2) is 0 Å². The maximum atomic E-state index is 11.3. The lowest BCUT2D eigenvalue weighted by atomic mass is 10.0. The van der Waals surface area contributed by atoms with Crippen molar-refractivity contribution >= 4 is 42.8 Å². The first kappa shape index (κ1) is 23.7. The Morgan fingerprint density at radius 3 is 2.07 bits per heavy atom. The quantitative estimate of drug-likeness (QED) is 0.237. The highest BCUT2D eigenvalue weighted by Crippen LogP contribution is 2.37. The highest BCUT2D eigenvalue weighted by molar-refractivity contribution is 7.19. The Morgan fingerprint density at radius 1 is 0.800 bits per heavy atom. The van der Waals surface area contributed by atoms with Gasteiger partial charge in [0.1, 0.15) is 0 Å². The van der Waals surface area contributed by atoms with Gasteiger partial charge in [0, 0.05) is 32.3 Å². The topological polar surface area (TPSA) is 23.5 Å². The molecular formula is C26H39NOS2. The molecule has 0 saturated heterocycles. The zero-order valence-electron chi connectivity index (χ0n) is 18.9. The molecule has 1 aromatic carbocycles. The summed E-state index contributed by atoms with van der Waals surface area (Å²) in [5.74, 6) is 0. The standard InChI is InChI=1S/C26H39NOS2/c1-3-5-7-9-11-15-27(16-12-10-8-6-4-2)20-24(28)23-19-25-21(13-17-29-25)22-14-18-30-26(22)23/h13-14,17-19,24,28H,3-12,15-16,20H2,1-2H3. The van der Waals surface area contributed by atoms with Crippen LogP contribution in [0.15, 0.2) is 29.0 Å². The predicted octanol–water partition coefficient (Wildman–Crippen LogP) is 8.39. The molecule has 0 aliphatic rings. The van der Waals surface area contributed by atoms with E-state index in [2.05, 4.69) is 47.7 Å². The van der Waals surface area contributed by atoms with E-state index in [-0.39, 0.29) is 0 Å². The number of aliphatic hydroxyl groups excluding tert-OH is 1. The van der Waals surface area contributed by atoms with Crippen molar-refractivity contribution in [3.05, 3.63) is 34.5 Å². The summed E-state index contributed by atoms with van der Waals surface area (Å²) in [6.45, 7) is 7.53. The van der Waals surface area contributed by atoms with Crippen LogP contribution in [-0.2, 0) is 0 Å². The fourth-order valence-electron chi connectivity index (χ4n) is 4.37. The van der Waals surface area contributed by atoms with Crippen LogP contribution in [0.25, 0.3) is 20.2 Å². The second-order valence-electron chi connectivity index (χ2n) is 8.61. The van der Waals surface area contributed by atoms with E-state index in [1.165, 1.54) is 84.4 Å². The van der Waals surface area contributed by atoms with Gasteiger partial charge in [0.25, 0.3) is 0 Å². The van der Waals surface area contributed by atoms with Crippen LogP contribution in [0.3, 0.4) is 0 Å². The van der Waals surface area contributed by atoms with Crippen molar-refractivity contribution in [2.45, 2.75) is 84.2 Å². The predicted molar refractivity (Wildman–Crippen MR) is 136 cm³/mol. The van der Waals surface area contributed by atoms with Gasteiger partial charge in [-0.15, -0.1) is 22.7 Å². The van der Waals surface area contributed by atoms with Gasteiger partial charge < -0.3 is 10.0 Å². The third-order valence-electron chi connectivity index (χ3n) is 6.15. The van der Waals surface area contributed by atoms with E-state index in [4.69, 9.17) is 0 Å². The number of unbranched alkanes of at least 4 members (excludes halogenated alkanes) is 8. The van der Waals surface area contributed by atoms with Gasteiger partial charge in [-0.3, -0.25) is 0 Å². The number of hydrogen-bond donors (Lipinski definition) is 1. The van der Waals surface area contributed by atoms with Gasteiger partial charge in [-0.2, -0.15) is 0 Å². The Hall–Kier alpha value is -0.940. The average Bonchev–Trinajstić information content (AvgIpc) is 3.41. The molecule has 0 spiro atoms. The van der Waals surface area contributed by atoms with E-state index in [1.807, 2.05) is 0 Å². The third-order valence-corrected chi connectivity index (χ3v) is 7.97. The van der Waals surface area contributed by atoms with E-state index >= 15 is 0 Å². The van der Waals surface area contributed by atoms with Crippen molar-refractivity contribution in [1.29, 1.82) is 0 Å². The molecule has 30 heavy (non-hydrogen) atoms. The van der Waals surface area contributed by atoms with Crippen LogP contribution in [0.1, 0.15) is 89.7 Å². The van der Waals surface area contributed by atoms with Gasteiger partial charge in [-0.05, 0) is 54.9 Å². The Labute approximate surface area is 190 Å². The van der Waals surface area contributed by atoms with Gasteiger partial charge in [0.15, 0.2) is 0 Å². The highest BCUT2D eigenvalue weighted by Gasteiger charge is 2.18. The largest absolute Gasteiger partial charge is 0.387 e. The summed E-state index contributed by atoms with van der Waals surface area (Å²) < 4.78 is 2.56. The highest BCUT2D eigenvalue weighted by atomic mass is 32.1. The molecule has 0 fully saturated rings. The van der Waals surface area contributed by atoms with Crippen LogP contribution >= 0.6 is 22.7 Å². The molecule has 4 heteroatoms. The first-order valence-corrected chi connectivity index (χ1v) is 13.8. The lowest BCUT2D eigenvalue weighted by molar-refractivity contribution is 0.111. The Bertz CT molecular complexity index is 854. The summed E-state index contributed by atoms with van der Waals surface area (Å²) in [5.41, 5.74) is 1.12. The fourth-order valence-corrected chi connectivity index (χ4v) is 6.20. The monoisotopic (exact) mass is 445 g/mol. The van der Waals surface area contributed by atoms with Gasteiger partial charge in [0.2, 0.25) is 0 Å². The molecular weight excluding hydrogens is 406 g/mol. The molecule has 0 amide bonds. The van der Waals surface area contributed by atoms with Crippen LogP contribution in [0.2, 0.25) is 0 Å². The molecule has 3 aromatic rings. The van der Waals surface area contributed by atoms with E-state index in [1.54, 1.807) is 22.7 Å². The summed E-state index contributed by atoms with van der Waals surface area (Å²) in [5, 5.41) is 18.2. The second kappa shape index (κ2) is 12.8. The minimum absolute atomic E-state index is 0.413. The summed E-state index contributed by atoms with van der Waals surface area (Å²) >= 11 is 3.55. The first-order valence-electron chi connectivity index (χ1n) is 12.0. The van der Waals surface area contributed by atoms with Crippen molar-refractivity contribution < 1.29 is 5.11 Å². The average molecular weight is 446 g/mol. The van der Waals surface area contributed by atoms with Crippen LogP contribution in [0.5, 0.6) is 0 Å².